The van der Waals surface area contributed by atoms with Gasteiger partial charge in [0.15, 0.2) is 0 Å². The molecule has 1 aliphatic heterocycles. The molecule has 0 spiro atoms. The molecule has 3 heterocycles. The molecular weight excluding hydrogens is 412 g/mol. The molecule has 0 saturated carbocycles. The maximum absolute atomic E-state index is 12.4. The minimum absolute atomic E-state index is 0.0523. The molecule has 164 valence electrons. The van der Waals surface area contributed by atoms with E-state index < -0.39 is 0 Å². The number of rotatable bonds is 8. The van der Waals surface area contributed by atoms with E-state index in [1.807, 2.05) is 6.07 Å². The summed E-state index contributed by atoms with van der Waals surface area (Å²) in [5, 5.41) is 4.94. The largest absolute Gasteiger partial charge is 0.353 e. The average Bonchev–Trinajstić information content (AvgIpc) is 3.24. The Morgan fingerprint density at radius 1 is 1.10 bits per heavy atom. The molecule has 3 aromatic rings. The average molecular weight is 441 g/mol. The number of fused-ring (bicyclic) bond motifs is 1. The van der Waals surface area contributed by atoms with Gasteiger partial charge in [-0.15, -0.1) is 11.3 Å². The van der Waals surface area contributed by atoms with Gasteiger partial charge in [0.25, 0.3) is 5.56 Å². The van der Waals surface area contributed by atoms with Crippen molar-refractivity contribution in [3.63, 3.8) is 0 Å². The van der Waals surface area contributed by atoms with Gasteiger partial charge in [0, 0.05) is 38.6 Å². The van der Waals surface area contributed by atoms with Crippen LogP contribution in [-0.4, -0.2) is 39.5 Å². The Labute approximate surface area is 184 Å². The van der Waals surface area contributed by atoms with E-state index in [0.29, 0.717) is 36.0 Å². The van der Waals surface area contributed by atoms with Crippen LogP contribution in [0.25, 0.3) is 10.2 Å². The lowest BCUT2D eigenvalue weighted by Crippen LogP contribution is -2.44. The van der Waals surface area contributed by atoms with Gasteiger partial charge < -0.3 is 10.3 Å². The summed E-state index contributed by atoms with van der Waals surface area (Å²) >= 11 is 1.33. The first-order valence-corrected chi connectivity index (χ1v) is 11.7. The fourth-order valence-electron chi connectivity index (χ4n) is 4.11. The third kappa shape index (κ3) is 5.51. The van der Waals surface area contributed by atoms with Crippen molar-refractivity contribution in [3.8, 4) is 0 Å². The summed E-state index contributed by atoms with van der Waals surface area (Å²) in [6.07, 6.45) is 3.60. The number of nitrogens with one attached hydrogen (secondary N) is 2. The van der Waals surface area contributed by atoms with Gasteiger partial charge in [-0.25, -0.2) is 4.79 Å². The smallest absolute Gasteiger partial charge is 0.328 e. The van der Waals surface area contributed by atoms with Crippen molar-refractivity contribution < 1.29 is 4.79 Å². The highest BCUT2D eigenvalue weighted by atomic mass is 32.1. The fourth-order valence-corrected chi connectivity index (χ4v) is 4.90. The van der Waals surface area contributed by atoms with Gasteiger partial charge in [-0.05, 0) is 42.7 Å². The van der Waals surface area contributed by atoms with E-state index in [1.54, 1.807) is 11.4 Å². The summed E-state index contributed by atoms with van der Waals surface area (Å²) in [6, 6.07) is 12.4. The lowest BCUT2D eigenvalue weighted by atomic mass is 10.0. The summed E-state index contributed by atoms with van der Waals surface area (Å²) in [5.41, 5.74) is 1.27. The highest BCUT2D eigenvalue weighted by Crippen LogP contribution is 2.15. The SMILES string of the molecule is O=C(CCCCn1c(=O)[nH]c2ccsc2c1=O)NC1CCN(Cc2ccccc2)CC1. The Kier molecular flexibility index (Phi) is 6.99. The van der Waals surface area contributed by atoms with Crippen LogP contribution in [0.5, 0.6) is 0 Å². The third-order valence-electron chi connectivity index (χ3n) is 5.83. The fraction of sp³-hybridized carbons (Fsp3) is 0.435. The number of amides is 1. The molecule has 2 aromatic heterocycles. The van der Waals surface area contributed by atoms with E-state index in [-0.39, 0.29) is 23.2 Å². The van der Waals surface area contributed by atoms with Gasteiger partial charge in [-0.2, -0.15) is 0 Å². The number of hydrogen-bond acceptors (Lipinski definition) is 5. The van der Waals surface area contributed by atoms with Crippen LogP contribution in [0.1, 0.15) is 37.7 Å². The van der Waals surface area contributed by atoms with Crippen LogP contribution >= 0.6 is 11.3 Å². The van der Waals surface area contributed by atoms with Gasteiger partial charge in [-0.3, -0.25) is 19.1 Å². The predicted molar refractivity (Wildman–Crippen MR) is 123 cm³/mol. The number of piperidine rings is 1. The summed E-state index contributed by atoms with van der Waals surface area (Å²) < 4.78 is 1.80. The van der Waals surface area contributed by atoms with Crippen LogP contribution in [0, 0.1) is 0 Å². The van der Waals surface area contributed by atoms with Crippen molar-refractivity contribution in [2.45, 2.75) is 51.2 Å². The number of benzene rings is 1. The van der Waals surface area contributed by atoms with Gasteiger partial charge >= 0.3 is 5.69 Å². The lowest BCUT2D eigenvalue weighted by molar-refractivity contribution is -0.122. The summed E-state index contributed by atoms with van der Waals surface area (Å²) in [6.45, 7) is 3.25. The Hall–Kier alpha value is -2.71. The second-order valence-corrected chi connectivity index (χ2v) is 9.03. The third-order valence-corrected chi connectivity index (χ3v) is 6.73. The van der Waals surface area contributed by atoms with Crippen molar-refractivity contribution in [1.29, 1.82) is 0 Å². The Bertz CT molecular complexity index is 1130. The number of aromatic amines is 1. The Balaban J connectivity index is 1.17. The number of unbranched alkanes of at least 4 members (excludes halogenated alkanes) is 1. The Morgan fingerprint density at radius 2 is 1.87 bits per heavy atom. The molecule has 0 aliphatic carbocycles. The van der Waals surface area contributed by atoms with Crippen LogP contribution < -0.4 is 16.6 Å². The predicted octanol–water partition coefficient (Wildman–Crippen LogP) is 2.70. The molecule has 4 rings (SSSR count). The first-order chi connectivity index (χ1) is 15.1. The molecule has 1 amide bonds. The zero-order valence-corrected chi connectivity index (χ0v) is 18.3. The normalized spacial score (nSPS) is 15.4. The van der Waals surface area contributed by atoms with Gasteiger partial charge in [-0.1, -0.05) is 30.3 Å². The van der Waals surface area contributed by atoms with Crippen molar-refractivity contribution in [2.24, 2.45) is 0 Å². The molecule has 7 nitrogen and oxygen atoms in total. The first-order valence-electron chi connectivity index (χ1n) is 10.9. The topological polar surface area (TPSA) is 87.2 Å². The summed E-state index contributed by atoms with van der Waals surface area (Å²) in [5.74, 6) is 0.0523. The minimum atomic E-state index is -0.386. The van der Waals surface area contributed by atoms with Gasteiger partial charge in [0.2, 0.25) is 5.91 Å². The number of thiophene rings is 1. The quantitative estimate of drug-likeness (QED) is 0.527. The van der Waals surface area contributed by atoms with Crippen molar-refractivity contribution in [1.82, 2.24) is 19.8 Å². The number of carbonyl (C=O) groups excluding carboxylic acids is 1. The van der Waals surface area contributed by atoms with E-state index >= 15 is 0 Å². The second-order valence-electron chi connectivity index (χ2n) is 8.11. The number of aromatic nitrogens is 2. The van der Waals surface area contributed by atoms with Crippen molar-refractivity contribution >= 4 is 27.5 Å². The van der Waals surface area contributed by atoms with E-state index in [2.05, 4.69) is 39.5 Å². The first kappa shape index (κ1) is 21.5. The molecular formula is C23H28N4O3S. The maximum atomic E-state index is 12.4. The molecule has 0 atom stereocenters. The molecule has 0 unspecified atom stereocenters. The zero-order chi connectivity index (χ0) is 21.6. The van der Waals surface area contributed by atoms with Crippen LogP contribution in [0.4, 0.5) is 0 Å². The molecule has 31 heavy (non-hydrogen) atoms. The molecule has 0 radical (unpaired) electrons. The minimum Gasteiger partial charge on any atom is -0.353 e. The number of H-pyrrole nitrogens is 1. The molecule has 1 aromatic carbocycles. The van der Waals surface area contributed by atoms with Crippen molar-refractivity contribution in [2.75, 3.05) is 13.1 Å². The van der Waals surface area contributed by atoms with E-state index in [1.165, 1.54) is 21.5 Å². The van der Waals surface area contributed by atoms with Crippen LogP contribution in [-0.2, 0) is 17.9 Å². The van der Waals surface area contributed by atoms with Crippen LogP contribution in [0.15, 0.2) is 51.4 Å². The molecule has 0 bridgehead atoms. The number of likely N-dealkylation sites (tertiary alicyclic amines) is 1. The standard InChI is InChI=1S/C23H28N4O3S/c28-20(24-18-9-13-26(14-10-18)16-17-6-2-1-3-7-17)8-4-5-12-27-22(29)21-19(11-15-31-21)25-23(27)30/h1-3,6-7,11,15,18H,4-5,8-10,12-14,16H2,(H,24,28)(H,25,30). The maximum Gasteiger partial charge on any atom is 0.328 e. The highest BCUT2D eigenvalue weighted by Gasteiger charge is 2.20. The molecule has 2 N–H and O–H groups in total. The van der Waals surface area contributed by atoms with E-state index in [9.17, 15) is 14.4 Å². The molecule has 1 saturated heterocycles. The monoisotopic (exact) mass is 440 g/mol. The Morgan fingerprint density at radius 3 is 2.65 bits per heavy atom. The lowest BCUT2D eigenvalue weighted by Gasteiger charge is -2.32. The second kappa shape index (κ2) is 10.1. The number of nitrogens with zero attached hydrogens (tertiary/aromatic N) is 2. The number of carbonyl (C=O) groups is 1. The van der Waals surface area contributed by atoms with E-state index in [0.717, 1.165) is 32.5 Å². The van der Waals surface area contributed by atoms with Gasteiger partial charge in [0.05, 0.1) is 5.52 Å². The van der Waals surface area contributed by atoms with Crippen molar-refractivity contribution in [3.05, 3.63) is 68.2 Å². The van der Waals surface area contributed by atoms with Crippen LogP contribution in [0.3, 0.4) is 0 Å². The highest BCUT2D eigenvalue weighted by molar-refractivity contribution is 7.17. The van der Waals surface area contributed by atoms with Crippen LogP contribution in [0.2, 0.25) is 0 Å². The zero-order valence-electron chi connectivity index (χ0n) is 17.5. The molecule has 8 heteroatoms. The summed E-state index contributed by atoms with van der Waals surface area (Å²) in [4.78, 5) is 42.0. The summed E-state index contributed by atoms with van der Waals surface area (Å²) in [7, 11) is 0. The van der Waals surface area contributed by atoms with E-state index in [4.69, 9.17) is 0 Å². The number of hydrogen-bond donors (Lipinski definition) is 2. The molecule has 1 fully saturated rings. The molecule has 1 aliphatic rings. The van der Waals surface area contributed by atoms with Gasteiger partial charge in [0.1, 0.15) is 4.70 Å².